The molecular weight excluding hydrogens is 204 g/mol. The van der Waals surface area contributed by atoms with Crippen molar-refractivity contribution in [2.45, 2.75) is 59.3 Å². The van der Waals surface area contributed by atoms with Crippen LogP contribution in [-0.4, -0.2) is 11.2 Å². The smallest absolute Gasteiger partial charge is 0.301 e. The molecule has 1 atom stereocenters. The summed E-state index contributed by atoms with van der Waals surface area (Å²) in [5.74, 6) is -0.0268. The van der Waals surface area contributed by atoms with E-state index in [0.717, 1.165) is 6.42 Å². The molecule has 1 saturated carbocycles. The molecule has 3 heteroatoms. The Hall–Kier alpha value is -0.570. The van der Waals surface area contributed by atoms with Gasteiger partial charge in [-0.1, -0.05) is 40.0 Å². The van der Waals surface area contributed by atoms with Gasteiger partial charge in [-0.3, -0.25) is 0 Å². The monoisotopic (exact) mass is 228 g/mol. The molecule has 0 bridgehead atoms. The Labute approximate surface area is 98.1 Å². The second kappa shape index (κ2) is 5.67. The Kier molecular flexibility index (Phi) is 4.78. The van der Waals surface area contributed by atoms with Crippen molar-refractivity contribution >= 4 is 5.97 Å². The average Bonchev–Trinajstić information content (AvgIpc) is 2.28. The molecular formula is C13H24O3. The zero-order valence-corrected chi connectivity index (χ0v) is 10.7. The van der Waals surface area contributed by atoms with E-state index in [2.05, 4.69) is 18.7 Å². The van der Waals surface area contributed by atoms with Crippen molar-refractivity contribution in [2.75, 3.05) is 0 Å². The summed E-state index contributed by atoms with van der Waals surface area (Å²) in [5.41, 5.74) is 0.161. The fraction of sp³-hybridized carbons (Fsp3) is 0.923. The summed E-state index contributed by atoms with van der Waals surface area (Å²) < 4.78 is 0. The van der Waals surface area contributed by atoms with Gasteiger partial charge in [0.05, 0.1) is 5.92 Å². The first-order valence-corrected chi connectivity index (χ1v) is 6.32. The average molecular weight is 228 g/mol. The second-order valence-corrected chi connectivity index (χ2v) is 5.84. The molecule has 0 heterocycles. The van der Waals surface area contributed by atoms with E-state index < -0.39 is 5.97 Å². The van der Waals surface area contributed by atoms with E-state index in [4.69, 9.17) is 5.26 Å². The van der Waals surface area contributed by atoms with Gasteiger partial charge in [-0.05, 0) is 30.6 Å². The highest BCUT2D eigenvalue weighted by Crippen LogP contribution is 2.42. The van der Waals surface area contributed by atoms with Crippen LogP contribution in [-0.2, 0) is 9.68 Å². The molecule has 0 amide bonds. The van der Waals surface area contributed by atoms with Crippen molar-refractivity contribution in [3.05, 3.63) is 0 Å². The first-order chi connectivity index (χ1) is 7.47. The van der Waals surface area contributed by atoms with Crippen LogP contribution in [0.15, 0.2) is 0 Å². The Morgan fingerprint density at radius 1 is 1.38 bits per heavy atom. The van der Waals surface area contributed by atoms with Gasteiger partial charge < -0.3 is 4.89 Å². The van der Waals surface area contributed by atoms with Crippen molar-refractivity contribution in [3.63, 3.8) is 0 Å². The molecule has 0 radical (unpaired) electrons. The van der Waals surface area contributed by atoms with Gasteiger partial charge in [0.1, 0.15) is 0 Å². The Balaban J connectivity index is 2.52. The third kappa shape index (κ3) is 3.48. The predicted octanol–water partition coefficient (Wildman–Crippen LogP) is 3.64. The molecule has 0 spiro atoms. The number of hydrogen-bond acceptors (Lipinski definition) is 3. The minimum Gasteiger partial charge on any atom is -0.301 e. The van der Waals surface area contributed by atoms with E-state index in [9.17, 15) is 4.79 Å². The first kappa shape index (κ1) is 13.5. The lowest BCUT2D eigenvalue weighted by Crippen LogP contribution is -2.30. The number of rotatable bonds is 4. The zero-order chi connectivity index (χ0) is 12.2. The molecule has 0 aromatic carbocycles. The van der Waals surface area contributed by atoms with E-state index in [-0.39, 0.29) is 11.3 Å². The minimum absolute atomic E-state index is 0.161. The summed E-state index contributed by atoms with van der Waals surface area (Å²) in [6, 6.07) is 0. The van der Waals surface area contributed by atoms with Gasteiger partial charge in [-0.25, -0.2) is 4.79 Å². The first-order valence-electron chi connectivity index (χ1n) is 6.32. The van der Waals surface area contributed by atoms with Gasteiger partial charge in [-0.2, -0.15) is 5.26 Å². The van der Waals surface area contributed by atoms with E-state index in [1.165, 1.54) is 32.1 Å². The molecule has 1 rings (SSSR count). The second-order valence-electron chi connectivity index (χ2n) is 5.84. The normalized spacial score (nSPS) is 20.5. The van der Waals surface area contributed by atoms with Crippen LogP contribution in [0.4, 0.5) is 0 Å². The summed E-state index contributed by atoms with van der Waals surface area (Å²) in [7, 11) is 0. The molecule has 1 aliphatic rings. The predicted molar refractivity (Wildman–Crippen MR) is 62.9 cm³/mol. The van der Waals surface area contributed by atoms with E-state index >= 15 is 0 Å². The highest BCUT2D eigenvalue weighted by molar-refractivity contribution is 5.71. The molecule has 16 heavy (non-hydrogen) atoms. The van der Waals surface area contributed by atoms with Gasteiger partial charge in [0.25, 0.3) is 0 Å². The lowest BCUT2D eigenvalue weighted by molar-refractivity contribution is -0.239. The molecule has 1 fully saturated rings. The molecule has 1 unspecified atom stereocenters. The van der Waals surface area contributed by atoms with Gasteiger partial charge in [-0.15, -0.1) is 0 Å². The van der Waals surface area contributed by atoms with Crippen molar-refractivity contribution < 1.29 is 14.9 Å². The number of carbonyl (C=O) groups is 1. The lowest BCUT2D eigenvalue weighted by Gasteiger charge is -2.38. The Morgan fingerprint density at radius 2 is 1.94 bits per heavy atom. The summed E-state index contributed by atoms with van der Waals surface area (Å²) >= 11 is 0. The summed E-state index contributed by atoms with van der Waals surface area (Å²) in [6.07, 6.45) is 7.31. The SMILES string of the molecule is CC(CC(C)(C)C1CCCCC1)C(=O)OO. The quantitative estimate of drug-likeness (QED) is 0.590. The number of carbonyl (C=O) groups excluding carboxylic acids is 1. The van der Waals surface area contributed by atoms with Gasteiger partial charge in [0, 0.05) is 0 Å². The minimum atomic E-state index is -0.510. The van der Waals surface area contributed by atoms with Crippen LogP contribution in [0.25, 0.3) is 0 Å². The maximum Gasteiger partial charge on any atom is 0.344 e. The fourth-order valence-corrected chi connectivity index (χ4v) is 3.01. The third-order valence-corrected chi connectivity index (χ3v) is 4.03. The van der Waals surface area contributed by atoms with Crippen LogP contribution < -0.4 is 0 Å². The van der Waals surface area contributed by atoms with Crippen LogP contribution in [0.3, 0.4) is 0 Å². The van der Waals surface area contributed by atoms with Gasteiger partial charge >= 0.3 is 5.97 Å². The molecule has 0 saturated heterocycles. The maximum atomic E-state index is 11.2. The Morgan fingerprint density at radius 3 is 2.44 bits per heavy atom. The van der Waals surface area contributed by atoms with E-state index in [0.29, 0.717) is 5.92 Å². The fourth-order valence-electron chi connectivity index (χ4n) is 3.01. The van der Waals surface area contributed by atoms with Crippen molar-refractivity contribution in [1.29, 1.82) is 0 Å². The highest BCUT2D eigenvalue weighted by Gasteiger charge is 2.33. The highest BCUT2D eigenvalue weighted by atomic mass is 17.1. The third-order valence-electron chi connectivity index (χ3n) is 4.03. The van der Waals surface area contributed by atoms with Gasteiger partial charge in [0.2, 0.25) is 0 Å². The van der Waals surface area contributed by atoms with Crippen molar-refractivity contribution in [3.8, 4) is 0 Å². The van der Waals surface area contributed by atoms with Crippen molar-refractivity contribution in [2.24, 2.45) is 17.3 Å². The standard InChI is InChI=1S/C13H24O3/c1-10(12(14)16-15)9-13(2,3)11-7-5-4-6-8-11/h10-11,15H,4-9H2,1-3H3. The lowest BCUT2D eigenvalue weighted by atomic mass is 9.67. The largest absolute Gasteiger partial charge is 0.344 e. The molecule has 0 aromatic rings. The summed E-state index contributed by atoms with van der Waals surface area (Å²) in [4.78, 5) is 15.0. The summed E-state index contributed by atoms with van der Waals surface area (Å²) in [6.45, 7) is 6.28. The van der Waals surface area contributed by atoms with Crippen LogP contribution >= 0.6 is 0 Å². The molecule has 94 valence electrons. The molecule has 3 nitrogen and oxygen atoms in total. The van der Waals surface area contributed by atoms with Crippen LogP contribution in [0, 0.1) is 17.3 Å². The van der Waals surface area contributed by atoms with E-state index in [1.807, 2.05) is 6.92 Å². The summed E-state index contributed by atoms with van der Waals surface area (Å²) in [5, 5.41) is 8.36. The Bertz CT molecular complexity index is 229. The van der Waals surface area contributed by atoms with Crippen LogP contribution in [0.2, 0.25) is 0 Å². The molecule has 0 aliphatic heterocycles. The molecule has 1 aliphatic carbocycles. The topological polar surface area (TPSA) is 46.5 Å². The maximum absolute atomic E-state index is 11.2. The van der Waals surface area contributed by atoms with Crippen molar-refractivity contribution in [1.82, 2.24) is 0 Å². The number of hydrogen-bond donors (Lipinski definition) is 1. The van der Waals surface area contributed by atoms with Crippen LogP contribution in [0.1, 0.15) is 59.3 Å². The molecule has 1 N–H and O–H groups in total. The zero-order valence-electron chi connectivity index (χ0n) is 10.7. The van der Waals surface area contributed by atoms with E-state index in [1.54, 1.807) is 0 Å². The van der Waals surface area contributed by atoms with Gasteiger partial charge in [0.15, 0.2) is 0 Å². The van der Waals surface area contributed by atoms with Crippen LogP contribution in [0.5, 0.6) is 0 Å². The molecule has 0 aromatic heterocycles.